The number of benzene rings is 11. The van der Waals surface area contributed by atoms with Crippen molar-refractivity contribution in [1.82, 2.24) is 4.57 Å². The van der Waals surface area contributed by atoms with E-state index in [4.69, 9.17) is 0 Å². The lowest BCUT2D eigenvalue weighted by atomic mass is 9.96. The Kier molecular flexibility index (Phi) is 9.89. The van der Waals surface area contributed by atoms with Gasteiger partial charge >= 0.3 is 0 Å². The molecule has 0 N–H and O–H groups in total. The molecule has 11 aromatic carbocycles. The summed E-state index contributed by atoms with van der Waals surface area (Å²) in [5.41, 5.74) is 18.8. The van der Waals surface area contributed by atoms with Gasteiger partial charge in [-0.1, -0.05) is 206 Å². The molecule has 2 heteroatoms. The SMILES string of the molecule is c1ccc(-c2ccc(-c3ccc(N(c4ccc(-c5ccc(-c6cccc7ccccc67)cc5)cc4)c4cccc(-c5cccc6c5c5ccccc5n6-c5ccccc5)c4)cc3)cc2)cc1. The highest BCUT2D eigenvalue weighted by Gasteiger charge is 2.19. The molecular formula is C64H44N2. The van der Waals surface area contributed by atoms with Crippen LogP contribution in [-0.4, -0.2) is 4.57 Å². The van der Waals surface area contributed by atoms with Crippen LogP contribution >= 0.6 is 0 Å². The van der Waals surface area contributed by atoms with Gasteiger partial charge in [-0.3, -0.25) is 0 Å². The smallest absolute Gasteiger partial charge is 0.0547 e. The number of hydrogen-bond donors (Lipinski definition) is 0. The van der Waals surface area contributed by atoms with Crippen molar-refractivity contribution in [3.05, 3.63) is 267 Å². The van der Waals surface area contributed by atoms with Gasteiger partial charge in [0.25, 0.3) is 0 Å². The fourth-order valence-electron chi connectivity index (χ4n) is 9.79. The minimum Gasteiger partial charge on any atom is -0.310 e. The van der Waals surface area contributed by atoms with E-state index in [0.717, 1.165) is 28.3 Å². The van der Waals surface area contributed by atoms with Crippen molar-refractivity contribution in [3.8, 4) is 61.3 Å². The molecule has 0 amide bonds. The molecule has 12 aromatic rings. The number of anilines is 3. The fourth-order valence-corrected chi connectivity index (χ4v) is 9.79. The summed E-state index contributed by atoms with van der Waals surface area (Å²) in [7, 11) is 0. The van der Waals surface area contributed by atoms with Crippen LogP contribution in [-0.2, 0) is 0 Å². The Morgan fingerprint density at radius 2 is 0.697 bits per heavy atom. The van der Waals surface area contributed by atoms with E-state index in [1.807, 2.05) is 0 Å². The fraction of sp³-hybridized carbons (Fsp3) is 0. The zero-order valence-electron chi connectivity index (χ0n) is 36.3. The highest BCUT2D eigenvalue weighted by molar-refractivity contribution is 6.16. The van der Waals surface area contributed by atoms with Crippen molar-refractivity contribution in [2.24, 2.45) is 0 Å². The van der Waals surface area contributed by atoms with E-state index in [-0.39, 0.29) is 0 Å². The zero-order valence-corrected chi connectivity index (χ0v) is 36.3. The van der Waals surface area contributed by atoms with Crippen LogP contribution in [0.4, 0.5) is 17.1 Å². The quantitative estimate of drug-likeness (QED) is 0.141. The normalized spacial score (nSPS) is 11.3. The van der Waals surface area contributed by atoms with Crippen LogP contribution in [0.3, 0.4) is 0 Å². The van der Waals surface area contributed by atoms with Gasteiger partial charge in [0.1, 0.15) is 0 Å². The number of fused-ring (bicyclic) bond motifs is 4. The summed E-state index contributed by atoms with van der Waals surface area (Å²) in [5.74, 6) is 0. The van der Waals surface area contributed by atoms with Gasteiger partial charge in [0.05, 0.1) is 11.0 Å². The first-order chi connectivity index (χ1) is 32.7. The van der Waals surface area contributed by atoms with Crippen molar-refractivity contribution < 1.29 is 0 Å². The Labute approximate surface area is 385 Å². The second-order valence-corrected chi connectivity index (χ2v) is 16.9. The molecule has 0 atom stereocenters. The number of hydrogen-bond acceptors (Lipinski definition) is 1. The van der Waals surface area contributed by atoms with E-state index in [0.29, 0.717) is 0 Å². The van der Waals surface area contributed by atoms with E-state index < -0.39 is 0 Å². The van der Waals surface area contributed by atoms with Crippen LogP contribution in [0.25, 0.3) is 93.9 Å². The molecule has 0 aliphatic carbocycles. The minimum absolute atomic E-state index is 1.09. The first kappa shape index (κ1) is 38.9. The van der Waals surface area contributed by atoms with Gasteiger partial charge in [-0.15, -0.1) is 0 Å². The van der Waals surface area contributed by atoms with Crippen molar-refractivity contribution in [2.45, 2.75) is 0 Å². The Morgan fingerprint density at radius 1 is 0.258 bits per heavy atom. The van der Waals surface area contributed by atoms with Gasteiger partial charge in [0.2, 0.25) is 0 Å². The van der Waals surface area contributed by atoms with E-state index in [9.17, 15) is 0 Å². The molecule has 310 valence electrons. The highest BCUT2D eigenvalue weighted by atomic mass is 15.1. The van der Waals surface area contributed by atoms with Crippen molar-refractivity contribution in [1.29, 1.82) is 0 Å². The third-order valence-electron chi connectivity index (χ3n) is 13.0. The maximum absolute atomic E-state index is 2.39. The molecule has 0 spiro atoms. The first-order valence-corrected chi connectivity index (χ1v) is 22.7. The van der Waals surface area contributed by atoms with Crippen LogP contribution < -0.4 is 4.90 Å². The molecule has 0 fully saturated rings. The predicted octanol–water partition coefficient (Wildman–Crippen LogP) is 17.7. The van der Waals surface area contributed by atoms with Crippen LogP contribution in [0, 0.1) is 0 Å². The average Bonchev–Trinajstić information content (AvgIpc) is 3.74. The number of aromatic nitrogens is 1. The van der Waals surface area contributed by atoms with Crippen molar-refractivity contribution in [3.63, 3.8) is 0 Å². The predicted molar refractivity (Wildman–Crippen MR) is 280 cm³/mol. The topological polar surface area (TPSA) is 8.17 Å². The van der Waals surface area contributed by atoms with E-state index in [1.54, 1.807) is 0 Å². The molecule has 0 bridgehead atoms. The summed E-state index contributed by atoms with van der Waals surface area (Å²) in [6.45, 7) is 0. The van der Waals surface area contributed by atoms with Crippen molar-refractivity contribution >= 4 is 49.6 Å². The standard InChI is InChI=1S/C64H44N2/c1-3-14-45(15-4-1)46-28-30-47(31-29-46)49-36-40-55(41-37-49)65(56-42-38-50(39-43-56)48-32-34-52(35-33-48)59-24-12-17-51-16-7-8-22-58(51)59)57-21-11-18-53(44-57)60-25-13-27-63-64(60)61-23-9-10-26-62(61)66(63)54-19-5-2-6-20-54/h1-44H. The highest BCUT2D eigenvalue weighted by Crippen LogP contribution is 2.42. The maximum atomic E-state index is 2.39. The summed E-state index contributed by atoms with van der Waals surface area (Å²) in [5, 5.41) is 5.01. The van der Waals surface area contributed by atoms with Crippen LogP contribution in [0.2, 0.25) is 0 Å². The Morgan fingerprint density at radius 3 is 1.35 bits per heavy atom. The molecule has 1 aromatic heterocycles. The Hall–Kier alpha value is -8.72. The molecule has 0 saturated carbocycles. The first-order valence-electron chi connectivity index (χ1n) is 22.7. The second kappa shape index (κ2) is 16.8. The molecule has 66 heavy (non-hydrogen) atoms. The number of rotatable bonds is 9. The average molecular weight is 841 g/mol. The molecule has 2 nitrogen and oxygen atoms in total. The second-order valence-electron chi connectivity index (χ2n) is 16.9. The summed E-state index contributed by atoms with van der Waals surface area (Å²) in [6.07, 6.45) is 0. The van der Waals surface area contributed by atoms with Crippen LogP contribution in [0.1, 0.15) is 0 Å². The van der Waals surface area contributed by atoms with E-state index in [2.05, 4.69) is 276 Å². The van der Waals surface area contributed by atoms with Crippen LogP contribution in [0.5, 0.6) is 0 Å². The summed E-state index contributed by atoms with van der Waals surface area (Å²) < 4.78 is 2.39. The van der Waals surface area contributed by atoms with E-state index in [1.165, 1.54) is 82.6 Å². The molecule has 0 aliphatic heterocycles. The zero-order chi connectivity index (χ0) is 43.8. The third kappa shape index (κ3) is 7.12. The van der Waals surface area contributed by atoms with Crippen molar-refractivity contribution in [2.75, 3.05) is 4.90 Å². The molecular weight excluding hydrogens is 797 g/mol. The molecule has 0 radical (unpaired) electrons. The lowest BCUT2D eigenvalue weighted by Crippen LogP contribution is -2.10. The minimum atomic E-state index is 1.09. The van der Waals surface area contributed by atoms with Crippen LogP contribution in [0.15, 0.2) is 267 Å². The molecule has 1 heterocycles. The number of nitrogens with zero attached hydrogens (tertiary/aromatic N) is 2. The summed E-state index contributed by atoms with van der Waals surface area (Å²) in [6, 6.07) is 96.8. The van der Waals surface area contributed by atoms with E-state index >= 15 is 0 Å². The summed E-state index contributed by atoms with van der Waals surface area (Å²) in [4.78, 5) is 2.38. The van der Waals surface area contributed by atoms with Gasteiger partial charge in [-0.05, 0) is 127 Å². The number of para-hydroxylation sites is 2. The third-order valence-corrected chi connectivity index (χ3v) is 13.0. The molecule has 0 saturated heterocycles. The lowest BCUT2D eigenvalue weighted by Gasteiger charge is -2.26. The van der Waals surface area contributed by atoms with Gasteiger partial charge in [-0.2, -0.15) is 0 Å². The van der Waals surface area contributed by atoms with Gasteiger partial charge in [0.15, 0.2) is 0 Å². The lowest BCUT2D eigenvalue weighted by molar-refractivity contribution is 1.18. The monoisotopic (exact) mass is 840 g/mol. The Bertz CT molecular complexity index is 3640. The van der Waals surface area contributed by atoms with Gasteiger partial charge < -0.3 is 9.47 Å². The molecule has 0 aliphatic rings. The van der Waals surface area contributed by atoms with Gasteiger partial charge in [-0.25, -0.2) is 0 Å². The molecule has 12 rings (SSSR count). The maximum Gasteiger partial charge on any atom is 0.0547 e. The largest absolute Gasteiger partial charge is 0.310 e. The summed E-state index contributed by atoms with van der Waals surface area (Å²) >= 11 is 0. The molecule has 0 unspecified atom stereocenters. The Balaban J connectivity index is 0.932. The van der Waals surface area contributed by atoms with Gasteiger partial charge in [0, 0.05) is 33.5 Å².